The minimum absolute atomic E-state index is 0.0908. The van der Waals surface area contributed by atoms with E-state index in [-0.39, 0.29) is 6.29 Å². The highest BCUT2D eigenvalue weighted by atomic mass is 35.5. The van der Waals surface area contributed by atoms with E-state index in [1.54, 1.807) is 0 Å². The molecule has 1 atom stereocenters. The summed E-state index contributed by atoms with van der Waals surface area (Å²) in [5.41, 5.74) is 0. The van der Waals surface area contributed by atoms with Crippen molar-refractivity contribution in [3.05, 3.63) is 0 Å². The lowest BCUT2D eigenvalue weighted by Gasteiger charge is -2.10. The Bertz CT molecular complexity index is 113. The smallest absolute Gasteiger partial charge is 0.157 e. The Morgan fingerprint density at radius 2 is 2.08 bits per heavy atom. The average molecular weight is 207 g/mol. The van der Waals surface area contributed by atoms with Crippen molar-refractivity contribution < 1.29 is 9.47 Å². The normalized spacial score (nSPS) is 22.4. The zero-order chi connectivity index (χ0) is 9.36. The van der Waals surface area contributed by atoms with Gasteiger partial charge in [0.2, 0.25) is 0 Å². The maximum Gasteiger partial charge on any atom is 0.157 e. The summed E-state index contributed by atoms with van der Waals surface area (Å²) in [6.07, 6.45) is 7.02. The lowest BCUT2D eigenvalue weighted by molar-refractivity contribution is -0.111. The zero-order valence-electron chi connectivity index (χ0n) is 8.14. The van der Waals surface area contributed by atoms with Crippen LogP contribution in [0.25, 0.3) is 0 Å². The van der Waals surface area contributed by atoms with Crippen LogP contribution in [0, 0.1) is 0 Å². The van der Waals surface area contributed by atoms with Crippen LogP contribution in [0.5, 0.6) is 0 Å². The van der Waals surface area contributed by atoms with Gasteiger partial charge in [-0.2, -0.15) is 0 Å². The molecule has 1 fully saturated rings. The second-order valence-corrected chi connectivity index (χ2v) is 3.79. The molecule has 0 saturated carbocycles. The molecular weight excluding hydrogens is 188 g/mol. The summed E-state index contributed by atoms with van der Waals surface area (Å²) in [6, 6.07) is 0. The molecule has 1 rings (SSSR count). The van der Waals surface area contributed by atoms with Crippen molar-refractivity contribution in [2.45, 2.75) is 44.8 Å². The fourth-order valence-corrected chi connectivity index (χ4v) is 1.63. The lowest BCUT2D eigenvalue weighted by atomic mass is 10.2. The minimum atomic E-state index is 0.0908. The average Bonchev–Trinajstić information content (AvgIpc) is 2.63. The third kappa shape index (κ3) is 5.50. The highest BCUT2D eigenvalue weighted by molar-refractivity contribution is 6.17. The minimum Gasteiger partial charge on any atom is -0.353 e. The number of halogens is 1. The van der Waals surface area contributed by atoms with Gasteiger partial charge < -0.3 is 9.47 Å². The number of hydrogen-bond acceptors (Lipinski definition) is 2. The monoisotopic (exact) mass is 206 g/mol. The van der Waals surface area contributed by atoms with Gasteiger partial charge in [-0.1, -0.05) is 12.8 Å². The number of hydrogen-bond donors (Lipinski definition) is 0. The molecule has 1 saturated heterocycles. The molecule has 2 nitrogen and oxygen atoms in total. The van der Waals surface area contributed by atoms with Crippen LogP contribution in [0.4, 0.5) is 0 Å². The van der Waals surface area contributed by atoms with Gasteiger partial charge in [-0.05, 0) is 19.3 Å². The SMILES string of the molecule is ClCCCCCCOC1CCCO1. The number of ether oxygens (including phenoxy) is 2. The summed E-state index contributed by atoms with van der Waals surface area (Å²) in [5.74, 6) is 0.784. The topological polar surface area (TPSA) is 18.5 Å². The molecule has 0 N–H and O–H groups in total. The summed E-state index contributed by atoms with van der Waals surface area (Å²) in [5, 5.41) is 0. The molecule has 0 aromatic rings. The Morgan fingerprint density at radius 1 is 1.23 bits per heavy atom. The van der Waals surface area contributed by atoms with E-state index in [4.69, 9.17) is 21.1 Å². The molecule has 1 unspecified atom stereocenters. The molecule has 0 aliphatic carbocycles. The summed E-state index contributed by atoms with van der Waals surface area (Å²) >= 11 is 5.57. The van der Waals surface area contributed by atoms with E-state index < -0.39 is 0 Å². The van der Waals surface area contributed by atoms with Crippen LogP contribution in [-0.2, 0) is 9.47 Å². The number of unbranched alkanes of at least 4 members (excludes halogenated alkanes) is 3. The highest BCUT2D eigenvalue weighted by Gasteiger charge is 2.14. The van der Waals surface area contributed by atoms with Crippen molar-refractivity contribution in [2.24, 2.45) is 0 Å². The number of alkyl halides is 1. The first kappa shape index (κ1) is 11.3. The van der Waals surface area contributed by atoms with Crippen molar-refractivity contribution in [1.82, 2.24) is 0 Å². The van der Waals surface area contributed by atoms with Crippen molar-refractivity contribution in [3.8, 4) is 0 Å². The quantitative estimate of drug-likeness (QED) is 0.471. The first-order valence-corrected chi connectivity index (χ1v) is 5.76. The Labute approximate surface area is 85.5 Å². The summed E-state index contributed by atoms with van der Waals surface area (Å²) in [4.78, 5) is 0. The van der Waals surface area contributed by atoms with E-state index in [2.05, 4.69) is 0 Å². The van der Waals surface area contributed by atoms with Crippen LogP contribution < -0.4 is 0 Å². The largest absolute Gasteiger partial charge is 0.353 e. The lowest BCUT2D eigenvalue weighted by Crippen LogP contribution is -2.11. The van der Waals surface area contributed by atoms with Gasteiger partial charge in [0, 0.05) is 25.5 Å². The molecule has 78 valence electrons. The van der Waals surface area contributed by atoms with Crippen LogP contribution in [0.2, 0.25) is 0 Å². The Balaban J connectivity index is 1.78. The van der Waals surface area contributed by atoms with Crippen LogP contribution in [-0.4, -0.2) is 25.4 Å². The van der Waals surface area contributed by atoms with E-state index in [1.807, 2.05) is 0 Å². The molecule has 0 spiro atoms. The van der Waals surface area contributed by atoms with Gasteiger partial charge in [0.15, 0.2) is 6.29 Å². The first-order valence-electron chi connectivity index (χ1n) is 5.22. The molecule has 1 aliphatic heterocycles. The molecule has 0 aromatic carbocycles. The van der Waals surface area contributed by atoms with E-state index in [0.29, 0.717) is 0 Å². The van der Waals surface area contributed by atoms with Gasteiger partial charge in [-0.25, -0.2) is 0 Å². The highest BCUT2D eigenvalue weighted by Crippen LogP contribution is 2.13. The van der Waals surface area contributed by atoms with E-state index in [9.17, 15) is 0 Å². The van der Waals surface area contributed by atoms with Crippen molar-refractivity contribution in [1.29, 1.82) is 0 Å². The molecule has 0 radical (unpaired) electrons. The van der Waals surface area contributed by atoms with Gasteiger partial charge in [0.05, 0.1) is 0 Å². The second kappa shape index (κ2) is 7.60. The van der Waals surface area contributed by atoms with Crippen molar-refractivity contribution in [2.75, 3.05) is 19.1 Å². The molecule has 3 heteroatoms. The standard InChI is InChI=1S/C10H19ClO2/c11-7-3-1-2-4-8-12-10-6-5-9-13-10/h10H,1-9H2. The van der Waals surface area contributed by atoms with E-state index in [1.165, 1.54) is 12.8 Å². The van der Waals surface area contributed by atoms with Gasteiger partial charge >= 0.3 is 0 Å². The summed E-state index contributed by atoms with van der Waals surface area (Å²) in [7, 11) is 0. The molecule has 1 aliphatic rings. The molecule has 1 heterocycles. The van der Waals surface area contributed by atoms with Gasteiger partial charge in [-0.3, -0.25) is 0 Å². The summed E-state index contributed by atoms with van der Waals surface area (Å²) in [6.45, 7) is 1.71. The third-order valence-electron chi connectivity index (χ3n) is 2.22. The van der Waals surface area contributed by atoms with Crippen LogP contribution in [0.1, 0.15) is 38.5 Å². The maximum atomic E-state index is 5.57. The Morgan fingerprint density at radius 3 is 2.77 bits per heavy atom. The molecular formula is C10H19ClO2. The fourth-order valence-electron chi connectivity index (χ4n) is 1.44. The predicted molar refractivity (Wildman–Crippen MR) is 54.1 cm³/mol. The Kier molecular flexibility index (Phi) is 6.60. The zero-order valence-corrected chi connectivity index (χ0v) is 8.89. The molecule has 0 amide bonds. The third-order valence-corrected chi connectivity index (χ3v) is 2.49. The van der Waals surface area contributed by atoms with Crippen LogP contribution in [0.3, 0.4) is 0 Å². The molecule has 13 heavy (non-hydrogen) atoms. The maximum absolute atomic E-state index is 5.57. The molecule has 0 aromatic heterocycles. The van der Waals surface area contributed by atoms with Crippen molar-refractivity contribution in [3.63, 3.8) is 0 Å². The van der Waals surface area contributed by atoms with E-state index >= 15 is 0 Å². The second-order valence-electron chi connectivity index (χ2n) is 3.42. The summed E-state index contributed by atoms with van der Waals surface area (Å²) < 4.78 is 10.9. The van der Waals surface area contributed by atoms with Crippen molar-refractivity contribution >= 4 is 11.6 Å². The van der Waals surface area contributed by atoms with Gasteiger partial charge in [-0.15, -0.1) is 11.6 Å². The fraction of sp³-hybridized carbons (Fsp3) is 1.00. The predicted octanol–water partition coefficient (Wildman–Crippen LogP) is 2.94. The van der Waals surface area contributed by atoms with E-state index in [0.717, 1.165) is 44.8 Å². The Hall–Kier alpha value is 0.210. The van der Waals surface area contributed by atoms with Gasteiger partial charge in [0.1, 0.15) is 0 Å². The van der Waals surface area contributed by atoms with Crippen LogP contribution >= 0.6 is 11.6 Å². The number of rotatable bonds is 7. The van der Waals surface area contributed by atoms with Gasteiger partial charge in [0.25, 0.3) is 0 Å². The van der Waals surface area contributed by atoms with Crippen LogP contribution in [0.15, 0.2) is 0 Å². The first-order chi connectivity index (χ1) is 6.43. The molecule has 0 bridgehead atoms.